The van der Waals surface area contributed by atoms with Crippen LogP contribution >= 0.6 is 0 Å². The summed E-state index contributed by atoms with van der Waals surface area (Å²) in [5, 5.41) is 33.8. The molecule has 34 heavy (non-hydrogen) atoms. The Morgan fingerprint density at radius 2 is 1.79 bits per heavy atom. The number of aliphatic hydroxyl groups is 3. The molecule has 0 saturated heterocycles. The number of esters is 1. The lowest BCUT2D eigenvalue weighted by Crippen LogP contribution is -2.60. The average molecular weight is 471 g/mol. The highest BCUT2D eigenvalue weighted by Crippen LogP contribution is 2.67. The Balaban J connectivity index is 1.48. The molecule has 10 atom stereocenters. The molecule has 0 aromatic heterocycles. The van der Waals surface area contributed by atoms with E-state index in [-0.39, 0.29) is 40.8 Å². The van der Waals surface area contributed by atoms with Gasteiger partial charge in [0.05, 0.1) is 17.6 Å². The van der Waals surface area contributed by atoms with E-state index in [1.165, 1.54) is 12.2 Å². The molecule has 186 valence electrons. The number of carbonyl (C=O) groups is 2. The number of fused-ring (bicyclic) bond motifs is 5. The molecule has 6 heteroatoms. The van der Waals surface area contributed by atoms with E-state index in [0.717, 1.165) is 31.3 Å². The molecule has 2 saturated carbocycles. The third-order valence-corrected chi connectivity index (χ3v) is 10.7. The van der Waals surface area contributed by atoms with Crippen LogP contribution in [-0.4, -0.2) is 51.0 Å². The van der Waals surface area contributed by atoms with Crippen LogP contribution < -0.4 is 0 Å². The van der Waals surface area contributed by atoms with Gasteiger partial charge in [-0.1, -0.05) is 18.6 Å². The predicted octanol–water partition coefficient (Wildman–Crippen LogP) is 3.26. The second-order valence-electron chi connectivity index (χ2n) is 12.2. The van der Waals surface area contributed by atoms with Crippen molar-refractivity contribution in [3.63, 3.8) is 0 Å². The van der Waals surface area contributed by atoms with Crippen molar-refractivity contribution < 1.29 is 29.6 Å². The minimum atomic E-state index is -1.20. The monoisotopic (exact) mass is 470 g/mol. The molecule has 0 amide bonds. The smallest absolute Gasteiger partial charge is 0.334 e. The van der Waals surface area contributed by atoms with Gasteiger partial charge in [-0.15, -0.1) is 0 Å². The van der Waals surface area contributed by atoms with Crippen molar-refractivity contribution >= 4 is 11.8 Å². The zero-order chi connectivity index (χ0) is 24.8. The minimum absolute atomic E-state index is 0.00264. The van der Waals surface area contributed by atoms with Crippen molar-refractivity contribution in [2.75, 3.05) is 0 Å². The zero-order valence-electron chi connectivity index (χ0n) is 20.9. The maximum absolute atomic E-state index is 13.1. The van der Waals surface area contributed by atoms with Crippen LogP contribution in [0.4, 0.5) is 0 Å². The molecule has 0 spiro atoms. The van der Waals surface area contributed by atoms with E-state index < -0.39 is 29.3 Å². The van der Waals surface area contributed by atoms with E-state index >= 15 is 0 Å². The number of rotatable bonds is 2. The Hall–Kier alpha value is -1.76. The molecule has 2 fully saturated rings. The molecule has 3 N–H and O–H groups in total. The van der Waals surface area contributed by atoms with Gasteiger partial charge in [-0.2, -0.15) is 0 Å². The molecule has 0 bridgehead atoms. The first-order valence-electron chi connectivity index (χ1n) is 12.7. The van der Waals surface area contributed by atoms with Gasteiger partial charge in [0.2, 0.25) is 0 Å². The molecular formula is C28H38O6. The normalized spacial score (nSPS) is 47.9. The number of aliphatic hydroxyl groups excluding tert-OH is 2. The van der Waals surface area contributed by atoms with Gasteiger partial charge in [-0.3, -0.25) is 4.79 Å². The van der Waals surface area contributed by atoms with E-state index in [1.807, 2.05) is 20.8 Å². The molecule has 1 aliphatic heterocycles. The number of ketones is 1. The van der Waals surface area contributed by atoms with Crippen molar-refractivity contribution in [1.82, 2.24) is 0 Å². The van der Waals surface area contributed by atoms with E-state index in [1.54, 1.807) is 13.0 Å². The number of hydrogen-bond donors (Lipinski definition) is 3. The van der Waals surface area contributed by atoms with E-state index in [0.29, 0.717) is 17.6 Å². The highest BCUT2D eigenvalue weighted by Gasteiger charge is 2.65. The lowest BCUT2D eigenvalue weighted by atomic mass is 9.46. The summed E-state index contributed by atoms with van der Waals surface area (Å²) in [7, 11) is 0. The third-order valence-electron chi connectivity index (χ3n) is 10.7. The third kappa shape index (κ3) is 3.04. The first kappa shape index (κ1) is 24.0. The highest BCUT2D eigenvalue weighted by molar-refractivity contribution is 5.99. The lowest BCUT2D eigenvalue weighted by molar-refractivity contribution is -0.184. The molecule has 5 rings (SSSR count). The van der Waals surface area contributed by atoms with Gasteiger partial charge in [-0.05, 0) is 100 Å². The standard InChI is InChI=1S/C28H38O6/c1-14-12-23(34-25(32)15(14)2)28(5,33)21-8-6-16-24-17(10-11-26(16,21)3)27(4)18(13-20(24)30)19(29)7-9-22(27)31/h7,9,13,16-17,19-21,23-24,29-30,33H,6,8,10-12H2,1-5H3/t16-,17-,19-,20-,21-,23+,24-,26-,27+,28+/m0/s1. The highest BCUT2D eigenvalue weighted by atomic mass is 16.6. The van der Waals surface area contributed by atoms with Gasteiger partial charge in [0, 0.05) is 12.0 Å². The largest absolute Gasteiger partial charge is 0.456 e. The maximum Gasteiger partial charge on any atom is 0.334 e. The fraction of sp³-hybridized carbons (Fsp3) is 0.714. The summed E-state index contributed by atoms with van der Waals surface area (Å²) >= 11 is 0. The molecule has 0 aromatic rings. The van der Waals surface area contributed by atoms with Crippen molar-refractivity contribution in [1.29, 1.82) is 0 Å². The lowest BCUT2D eigenvalue weighted by Gasteiger charge is -2.59. The summed E-state index contributed by atoms with van der Waals surface area (Å²) < 4.78 is 5.73. The second-order valence-corrected chi connectivity index (χ2v) is 12.2. The fourth-order valence-electron chi connectivity index (χ4n) is 8.59. The molecule has 6 nitrogen and oxygen atoms in total. The Kier molecular flexibility index (Phi) is 5.37. The zero-order valence-corrected chi connectivity index (χ0v) is 20.9. The summed E-state index contributed by atoms with van der Waals surface area (Å²) in [5.74, 6) is -0.491. The second kappa shape index (κ2) is 7.62. The topological polar surface area (TPSA) is 104 Å². The van der Waals surface area contributed by atoms with Crippen molar-refractivity contribution in [3.05, 3.63) is 34.9 Å². The Bertz CT molecular complexity index is 1020. The number of cyclic esters (lactones) is 1. The first-order chi connectivity index (χ1) is 15.8. The van der Waals surface area contributed by atoms with Gasteiger partial charge in [0.1, 0.15) is 11.7 Å². The van der Waals surface area contributed by atoms with E-state index in [2.05, 4.69) is 6.92 Å². The Labute approximate surface area is 201 Å². The quantitative estimate of drug-likeness (QED) is 0.423. The molecular weight excluding hydrogens is 432 g/mol. The van der Waals surface area contributed by atoms with Gasteiger partial charge in [-0.25, -0.2) is 4.79 Å². The molecule has 0 radical (unpaired) electrons. The van der Waals surface area contributed by atoms with Gasteiger partial charge >= 0.3 is 5.97 Å². The van der Waals surface area contributed by atoms with Crippen LogP contribution in [0.15, 0.2) is 34.9 Å². The molecule has 1 heterocycles. The van der Waals surface area contributed by atoms with Crippen LogP contribution in [0.3, 0.4) is 0 Å². The summed E-state index contributed by atoms with van der Waals surface area (Å²) in [4.78, 5) is 25.5. The van der Waals surface area contributed by atoms with Crippen LogP contribution in [0.25, 0.3) is 0 Å². The fourth-order valence-corrected chi connectivity index (χ4v) is 8.59. The van der Waals surface area contributed by atoms with Crippen molar-refractivity contribution in [2.24, 2.45) is 34.5 Å². The van der Waals surface area contributed by atoms with E-state index in [4.69, 9.17) is 4.74 Å². The van der Waals surface area contributed by atoms with Gasteiger partial charge in [0.15, 0.2) is 5.78 Å². The minimum Gasteiger partial charge on any atom is -0.456 e. The number of hydrogen-bond acceptors (Lipinski definition) is 6. The predicted molar refractivity (Wildman–Crippen MR) is 126 cm³/mol. The van der Waals surface area contributed by atoms with Crippen LogP contribution in [0.1, 0.15) is 66.7 Å². The Morgan fingerprint density at radius 1 is 1.09 bits per heavy atom. The number of carbonyl (C=O) groups excluding carboxylic acids is 2. The van der Waals surface area contributed by atoms with Crippen LogP contribution in [-0.2, 0) is 14.3 Å². The summed E-state index contributed by atoms with van der Waals surface area (Å²) in [5.41, 5.74) is -0.0455. The SMILES string of the molecule is CC1=C(C)C(=O)O[C@@H]([C@](C)(O)[C@H]2CC[C@H]3[C@@H]4[C@@H](O)C=C5[C@@H](O)C=CC(=O)[C@]5(C)[C@H]4CC[C@]23C)C1. The molecule has 0 unspecified atom stereocenters. The maximum atomic E-state index is 13.1. The first-order valence-corrected chi connectivity index (χ1v) is 12.7. The number of allylic oxidation sites excluding steroid dienone is 1. The summed E-state index contributed by atoms with van der Waals surface area (Å²) in [6.45, 7) is 9.65. The average Bonchev–Trinajstić information content (AvgIpc) is 3.14. The summed E-state index contributed by atoms with van der Waals surface area (Å²) in [6.07, 6.45) is 6.27. The van der Waals surface area contributed by atoms with Crippen molar-refractivity contribution in [3.8, 4) is 0 Å². The number of ether oxygens (including phenoxy) is 1. The van der Waals surface area contributed by atoms with Crippen LogP contribution in [0.2, 0.25) is 0 Å². The Morgan fingerprint density at radius 3 is 2.47 bits per heavy atom. The van der Waals surface area contributed by atoms with Crippen LogP contribution in [0.5, 0.6) is 0 Å². The van der Waals surface area contributed by atoms with Gasteiger partial charge in [0.25, 0.3) is 0 Å². The molecule has 5 aliphatic rings. The van der Waals surface area contributed by atoms with E-state index in [9.17, 15) is 24.9 Å². The molecule has 0 aromatic carbocycles. The van der Waals surface area contributed by atoms with Crippen LogP contribution in [0, 0.1) is 34.5 Å². The van der Waals surface area contributed by atoms with Gasteiger partial charge < -0.3 is 20.1 Å². The summed E-state index contributed by atoms with van der Waals surface area (Å²) in [6, 6.07) is 0. The van der Waals surface area contributed by atoms with Crippen molar-refractivity contribution in [2.45, 2.75) is 90.6 Å². The molecule has 4 aliphatic carbocycles.